The maximum atomic E-state index is 4.43. The van der Waals surface area contributed by atoms with Gasteiger partial charge in [-0.15, -0.1) is 0 Å². The number of hydrogen-bond acceptors (Lipinski definition) is 1. The summed E-state index contributed by atoms with van der Waals surface area (Å²) in [7, 11) is 2.01. The highest BCUT2D eigenvalue weighted by Crippen LogP contribution is 2.33. The van der Waals surface area contributed by atoms with Crippen molar-refractivity contribution < 1.29 is 0 Å². The third-order valence-corrected chi connectivity index (χ3v) is 2.70. The predicted octanol–water partition coefficient (Wildman–Crippen LogP) is 1.93. The summed E-state index contributed by atoms with van der Waals surface area (Å²) >= 11 is 0. The largest absolute Gasteiger partial charge is 0.275 e. The van der Waals surface area contributed by atoms with Gasteiger partial charge in [-0.05, 0) is 30.2 Å². The average Bonchev–Trinajstić information content (AvgIpc) is 2.26. The van der Waals surface area contributed by atoms with E-state index in [9.17, 15) is 0 Å². The van der Waals surface area contributed by atoms with Gasteiger partial charge in [0.2, 0.25) is 0 Å². The molecule has 2 heteroatoms. The number of hydrogen-bond donors (Lipinski definition) is 0. The molecule has 0 unspecified atom stereocenters. The number of aryl methyl sites for hydroxylation is 2. The molecule has 0 radical (unpaired) electrons. The molecule has 2 rings (SSSR count). The summed E-state index contributed by atoms with van der Waals surface area (Å²) in [6.45, 7) is 4.67. The second kappa shape index (κ2) is 2.35. The molecule has 0 aromatic carbocycles. The van der Waals surface area contributed by atoms with Crippen LogP contribution in [0.15, 0.2) is 6.20 Å². The Morgan fingerprint density at radius 1 is 1.50 bits per heavy atom. The van der Waals surface area contributed by atoms with Crippen molar-refractivity contribution in [2.75, 3.05) is 0 Å². The molecule has 1 aromatic rings. The molecule has 1 aromatic heterocycles. The van der Waals surface area contributed by atoms with Crippen molar-refractivity contribution in [2.45, 2.75) is 33.1 Å². The van der Waals surface area contributed by atoms with Gasteiger partial charge in [0.15, 0.2) is 0 Å². The van der Waals surface area contributed by atoms with E-state index in [1.807, 2.05) is 11.7 Å². The number of rotatable bonds is 0. The molecule has 1 heterocycles. The summed E-state index contributed by atoms with van der Waals surface area (Å²) in [6.07, 6.45) is 5.78. The van der Waals surface area contributed by atoms with E-state index in [0.717, 1.165) is 6.42 Å². The molecule has 66 valence electrons. The van der Waals surface area contributed by atoms with Crippen LogP contribution in [0.3, 0.4) is 0 Å². The summed E-state index contributed by atoms with van der Waals surface area (Å²) in [4.78, 5) is 0. The van der Waals surface area contributed by atoms with Crippen LogP contribution in [0.4, 0.5) is 0 Å². The molecule has 0 amide bonds. The van der Waals surface area contributed by atoms with Crippen LogP contribution in [0, 0.1) is 5.41 Å². The molecule has 0 saturated heterocycles. The molecule has 0 saturated carbocycles. The Kier molecular flexibility index (Phi) is 1.53. The first kappa shape index (κ1) is 7.84. The zero-order valence-electron chi connectivity index (χ0n) is 8.09. The van der Waals surface area contributed by atoms with E-state index < -0.39 is 0 Å². The van der Waals surface area contributed by atoms with Crippen LogP contribution in [0.5, 0.6) is 0 Å². The zero-order chi connectivity index (χ0) is 8.77. The van der Waals surface area contributed by atoms with E-state index in [0.29, 0.717) is 5.41 Å². The Hall–Kier alpha value is -0.790. The van der Waals surface area contributed by atoms with E-state index in [1.165, 1.54) is 24.1 Å². The van der Waals surface area contributed by atoms with Gasteiger partial charge in [-0.1, -0.05) is 13.8 Å². The summed E-state index contributed by atoms with van der Waals surface area (Å²) in [5.41, 5.74) is 3.25. The van der Waals surface area contributed by atoms with E-state index in [4.69, 9.17) is 0 Å². The van der Waals surface area contributed by atoms with Crippen molar-refractivity contribution in [3.8, 4) is 0 Å². The van der Waals surface area contributed by atoms with Crippen molar-refractivity contribution in [2.24, 2.45) is 12.5 Å². The van der Waals surface area contributed by atoms with Gasteiger partial charge in [-0.2, -0.15) is 5.10 Å². The molecule has 12 heavy (non-hydrogen) atoms. The minimum Gasteiger partial charge on any atom is -0.275 e. The topological polar surface area (TPSA) is 17.8 Å². The van der Waals surface area contributed by atoms with Crippen LogP contribution in [0.1, 0.15) is 31.5 Å². The standard InChI is InChI=1S/C10H16N2/c1-10(2)5-4-9-8(6-10)7-12(3)11-9/h7H,4-6H2,1-3H3. The quantitative estimate of drug-likeness (QED) is 0.573. The summed E-state index contributed by atoms with van der Waals surface area (Å²) in [6, 6.07) is 0. The highest BCUT2D eigenvalue weighted by Gasteiger charge is 2.26. The monoisotopic (exact) mass is 164 g/mol. The lowest BCUT2D eigenvalue weighted by Gasteiger charge is -2.28. The molecule has 0 N–H and O–H groups in total. The van der Waals surface area contributed by atoms with Gasteiger partial charge in [0, 0.05) is 13.2 Å². The SMILES string of the molecule is Cn1cc2c(n1)CCC(C)(C)C2. The molecule has 1 aliphatic rings. The molecule has 1 aliphatic carbocycles. The van der Waals surface area contributed by atoms with E-state index in [-0.39, 0.29) is 0 Å². The van der Waals surface area contributed by atoms with E-state index >= 15 is 0 Å². The van der Waals surface area contributed by atoms with Crippen LogP contribution in [0.25, 0.3) is 0 Å². The molecule has 0 fully saturated rings. The van der Waals surface area contributed by atoms with Gasteiger partial charge in [-0.3, -0.25) is 4.68 Å². The lowest BCUT2D eigenvalue weighted by molar-refractivity contribution is 0.314. The van der Waals surface area contributed by atoms with Crippen molar-refractivity contribution in [3.05, 3.63) is 17.5 Å². The van der Waals surface area contributed by atoms with E-state index in [1.54, 1.807) is 0 Å². The Labute approximate surface area is 73.6 Å². The fraction of sp³-hybridized carbons (Fsp3) is 0.700. The maximum Gasteiger partial charge on any atom is 0.0656 e. The first-order valence-electron chi connectivity index (χ1n) is 4.58. The van der Waals surface area contributed by atoms with Crippen molar-refractivity contribution in [1.29, 1.82) is 0 Å². The number of fused-ring (bicyclic) bond motifs is 1. The third-order valence-electron chi connectivity index (χ3n) is 2.70. The number of aromatic nitrogens is 2. The first-order chi connectivity index (χ1) is 5.57. The Bertz CT molecular complexity index is 297. The molecule has 0 spiro atoms. The number of nitrogens with zero attached hydrogens (tertiary/aromatic N) is 2. The second-order valence-electron chi connectivity index (χ2n) is 4.62. The van der Waals surface area contributed by atoms with Gasteiger partial charge in [0.1, 0.15) is 0 Å². The van der Waals surface area contributed by atoms with Crippen molar-refractivity contribution >= 4 is 0 Å². The molecule has 2 nitrogen and oxygen atoms in total. The summed E-state index contributed by atoms with van der Waals surface area (Å²) in [5, 5.41) is 4.43. The Balaban J connectivity index is 2.34. The molecule has 0 atom stereocenters. The zero-order valence-corrected chi connectivity index (χ0v) is 8.09. The first-order valence-corrected chi connectivity index (χ1v) is 4.58. The normalized spacial score (nSPS) is 20.6. The predicted molar refractivity (Wildman–Crippen MR) is 49.0 cm³/mol. The fourth-order valence-electron chi connectivity index (χ4n) is 2.00. The van der Waals surface area contributed by atoms with Crippen LogP contribution in [-0.2, 0) is 19.9 Å². The van der Waals surface area contributed by atoms with Gasteiger partial charge in [0.05, 0.1) is 5.69 Å². The molecular weight excluding hydrogens is 148 g/mol. The smallest absolute Gasteiger partial charge is 0.0656 e. The molecule has 0 bridgehead atoms. The van der Waals surface area contributed by atoms with Crippen molar-refractivity contribution in [3.63, 3.8) is 0 Å². The van der Waals surface area contributed by atoms with Crippen LogP contribution in [0.2, 0.25) is 0 Å². The van der Waals surface area contributed by atoms with Crippen molar-refractivity contribution in [1.82, 2.24) is 9.78 Å². The molecule has 0 aliphatic heterocycles. The van der Waals surface area contributed by atoms with Gasteiger partial charge >= 0.3 is 0 Å². The van der Waals surface area contributed by atoms with Gasteiger partial charge < -0.3 is 0 Å². The summed E-state index contributed by atoms with van der Waals surface area (Å²) in [5.74, 6) is 0. The van der Waals surface area contributed by atoms with Gasteiger partial charge in [0.25, 0.3) is 0 Å². The van der Waals surface area contributed by atoms with Crippen LogP contribution in [-0.4, -0.2) is 9.78 Å². The molecular formula is C10H16N2. The Morgan fingerprint density at radius 2 is 2.25 bits per heavy atom. The van der Waals surface area contributed by atoms with Crippen LogP contribution >= 0.6 is 0 Å². The highest BCUT2D eigenvalue weighted by atomic mass is 15.3. The average molecular weight is 164 g/mol. The van der Waals surface area contributed by atoms with Crippen LogP contribution < -0.4 is 0 Å². The lowest BCUT2D eigenvalue weighted by atomic mass is 9.77. The minimum absolute atomic E-state index is 0.482. The Morgan fingerprint density at radius 3 is 3.00 bits per heavy atom. The minimum atomic E-state index is 0.482. The second-order valence-corrected chi connectivity index (χ2v) is 4.62. The highest BCUT2D eigenvalue weighted by molar-refractivity contribution is 5.21. The lowest BCUT2D eigenvalue weighted by Crippen LogP contribution is -2.21. The fourth-order valence-corrected chi connectivity index (χ4v) is 2.00. The van der Waals surface area contributed by atoms with Gasteiger partial charge in [-0.25, -0.2) is 0 Å². The third kappa shape index (κ3) is 1.26. The summed E-state index contributed by atoms with van der Waals surface area (Å²) < 4.78 is 1.94. The maximum absolute atomic E-state index is 4.43. The van der Waals surface area contributed by atoms with E-state index in [2.05, 4.69) is 25.1 Å².